The minimum atomic E-state index is -0.684. The number of furan rings is 1. The van der Waals surface area contributed by atoms with Gasteiger partial charge in [0.05, 0.1) is 25.0 Å². The number of ether oxygens (including phenoxy) is 1. The van der Waals surface area contributed by atoms with Crippen molar-refractivity contribution >= 4 is 11.6 Å². The Hall–Kier alpha value is -3.21. The predicted molar refractivity (Wildman–Crippen MR) is 131 cm³/mol. The molecule has 3 aromatic rings. The standard InChI is InChI=1S/C28H34N2O3/c1-3-5-6-7-10-19-32-23-17-15-22(16-18-23)28(4-2)29-26-14-9-8-13-25(26)27(31)30(28)21-24-12-11-20-33-24/h8-9,11-18,20,29H,3-7,10,19,21H2,1-2H3. The van der Waals surface area contributed by atoms with Gasteiger partial charge in [0.1, 0.15) is 17.2 Å². The van der Waals surface area contributed by atoms with Crippen LogP contribution < -0.4 is 10.1 Å². The number of nitrogens with zero attached hydrogens (tertiary/aromatic N) is 1. The van der Waals surface area contributed by atoms with Gasteiger partial charge in [-0.3, -0.25) is 4.79 Å². The first-order valence-corrected chi connectivity index (χ1v) is 12.1. The summed E-state index contributed by atoms with van der Waals surface area (Å²) in [4.78, 5) is 15.5. The van der Waals surface area contributed by atoms with Crippen molar-refractivity contribution in [2.45, 2.75) is 64.6 Å². The van der Waals surface area contributed by atoms with Crippen molar-refractivity contribution < 1.29 is 13.9 Å². The van der Waals surface area contributed by atoms with Crippen molar-refractivity contribution in [3.8, 4) is 5.75 Å². The molecule has 1 aromatic heterocycles. The fourth-order valence-electron chi connectivity index (χ4n) is 4.59. The van der Waals surface area contributed by atoms with E-state index in [1.165, 1.54) is 25.7 Å². The fourth-order valence-corrected chi connectivity index (χ4v) is 4.59. The second kappa shape index (κ2) is 10.6. The molecule has 2 aromatic carbocycles. The van der Waals surface area contributed by atoms with E-state index in [-0.39, 0.29) is 5.91 Å². The van der Waals surface area contributed by atoms with Crippen LogP contribution in [0.2, 0.25) is 0 Å². The summed E-state index contributed by atoms with van der Waals surface area (Å²) in [6.45, 7) is 5.45. The SMILES string of the molecule is CCCCCCCOc1ccc(C2(CC)Nc3ccccc3C(=O)N2Cc2ccco2)cc1. The zero-order valence-electron chi connectivity index (χ0n) is 19.7. The molecule has 5 heteroatoms. The van der Waals surface area contributed by atoms with Gasteiger partial charge in [0.25, 0.3) is 5.91 Å². The quantitative estimate of drug-likeness (QED) is 0.324. The van der Waals surface area contributed by atoms with E-state index in [1.54, 1.807) is 6.26 Å². The Morgan fingerprint density at radius 1 is 0.939 bits per heavy atom. The molecule has 0 fully saturated rings. The third kappa shape index (κ3) is 4.92. The first-order chi connectivity index (χ1) is 16.2. The molecule has 4 rings (SSSR count). The molecule has 0 saturated heterocycles. The van der Waals surface area contributed by atoms with Crippen molar-refractivity contribution in [2.24, 2.45) is 0 Å². The molecule has 0 aliphatic carbocycles. The summed E-state index contributed by atoms with van der Waals surface area (Å²) in [5.74, 6) is 1.61. The topological polar surface area (TPSA) is 54.7 Å². The number of para-hydroxylation sites is 1. The van der Waals surface area contributed by atoms with Gasteiger partial charge in [-0.2, -0.15) is 0 Å². The Morgan fingerprint density at radius 2 is 1.73 bits per heavy atom. The molecule has 174 valence electrons. The molecule has 2 heterocycles. The average molecular weight is 447 g/mol. The van der Waals surface area contributed by atoms with Crippen LogP contribution in [0, 0.1) is 0 Å². The number of rotatable bonds is 11. The molecular weight excluding hydrogens is 412 g/mol. The van der Waals surface area contributed by atoms with Crippen molar-refractivity contribution in [1.29, 1.82) is 0 Å². The Balaban J connectivity index is 1.57. The van der Waals surface area contributed by atoms with E-state index in [1.807, 2.05) is 53.4 Å². The summed E-state index contributed by atoms with van der Waals surface area (Å²) in [7, 11) is 0. The van der Waals surface area contributed by atoms with E-state index in [0.717, 1.165) is 35.8 Å². The van der Waals surface area contributed by atoms with Crippen LogP contribution in [0.5, 0.6) is 5.75 Å². The number of amides is 1. The second-order valence-corrected chi connectivity index (χ2v) is 8.64. The van der Waals surface area contributed by atoms with Crippen molar-refractivity contribution in [3.05, 3.63) is 83.8 Å². The zero-order valence-corrected chi connectivity index (χ0v) is 19.7. The molecule has 1 aliphatic rings. The summed E-state index contributed by atoms with van der Waals surface area (Å²) in [5, 5.41) is 3.68. The predicted octanol–water partition coefficient (Wildman–Crippen LogP) is 6.96. The van der Waals surface area contributed by atoms with Gasteiger partial charge < -0.3 is 19.4 Å². The third-order valence-electron chi connectivity index (χ3n) is 6.46. The highest BCUT2D eigenvalue weighted by Gasteiger charge is 2.45. The smallest absolute Gasteiger partial charge is 0.258 e. The van der Waals surface area contributed by atoms with E-state index in [4.69, 9.17) is 9.15 Å². The van der Waals surface area contributed by atoms with E-state index in [0.29, 0.717) is 18.5 Å². The molecule has 1 unspecified atom stereocenters. The molecule has 1 amide bonds. The Kier molecular flexibility index (Phi) is 7.38. The summed E-state index contributed by atoms with van der Waals surface area (Å²) in [6, 6.07) is 19.6. The molecule has 1 atom stereocenters. The Labute approximate surface area is 196 Å². The van der Waals surface area contributed by atoms with Crippen molar-refractivity contribution in [3.63, 3.8) is 0 Å². The lowest BCUT2D eigenvalue weighted by Crippen LogP contribution is -2.56. The first-order valence-electron chi connectivity index (χ1n) is 12.1. The fraction of sp³-hybridized carbons (Fsp3) is 0.393. The van der Waals surface area contributed by atoms with Crippen LogP contribution in [0.1, 0.15) is 74.1 Å². The van der Waals surface area contributed by atoms with Gasteiger partial charge in [-0.15, -0.1) is 0 Å². The molecule has 0 radical (unpaired) electrons. The highest BCUT2D eigenvalue weighted by Crippen LogP contribution is 2.41. The monoisotopic (exact) mass is 446 g/mol. The molecule has 5 nitrogen and oxygen atoms in total. The van der Waals surface area contributed by atoms with Gasteiger partial charge in [0, 0.05) is 5.69 Å². The second-order valence-electron chi connectivity index (χ2n) is 8.64. The van der Waals surface area contributed by atoms with Crippen LogP contribution in [0.25, 0.3) is 0 Å². The number of hydrogen-bond acceptors (Lipinski definition) is 4. The summed E-state index contributed by atoms with van der Waals surface area (Å²) in [5.41, 5.74) is 1.87. The van der Waals surface area contributed by atoms with Crippen LogP contribution in [-0.2, 0) is 12.2 Å². The van der Waals surface area contributed by atoms with Gasteiger partial charge >= 0.3 is 0 Å². The summed E-state index contributed by atoms with van der Waals surface area (Å²) in [6.07, 6.45) is 8.43. The molecular formula is C28H34N2O3. The first kappa shape index (κ1) is 23.0. The normalized spacial score (nSPS) is 17.5. The third-order valence-corrected chi connectivity index (χ3v) is 6.46. The van der Waals surface area contributed by atoms with E-state index in [9.17, 15) is 4.79 Å². The Bertz CT molecular complexity index is 1030. The minimum Gasteiger partial charge on any atom is -0.494 e. The van der Waals surface area contributed by atoms with Crippen LogP contribution in [0.3, 0.4) is 0 Å². The lowest BCUT2D eigenvalue weighted by molar-refractivity contribution is 0.0430. The maximum Gasteiger partial charge on any atom is 0.258 e. The van der Waals surface area contributed by atoms with E-state index < -0.39 is 5.66 Å². The number of carbonyl (C=O) groups excluding carboxylic acids is 1. The van der Waals surface area contributed by atoms with Gasteiger partial charge in [0.15, 0.2) is 0 Å². The van der Waals surface area contributed by atoms with Crippen molar-refractivity contribution in [2.75, 3.05) is 11.9 Å². The number of carbonyl (C=O) groups is 1. The number of unbranched alkanes of at least 4 members (excludes halogenated alkanes) is 4. The highest BCUT2D eigenvalue weighted by atomic mass is 16.5. The highest BCUT2D eigenvalue weighted by molar-refractivity contribution is 6.02. The van der Waals surface area contributed by atoms with Gasteiger partial charge in [0.2, 0.25) is 0 Å². The van der Waals surface area contributed by atoms with Gasteiger partial charge in [-0.1, -0.05) is 63.8 Å². The van der Waals surface area contributed by atoms with Gasteiger partial charge in [-0.05, 0) is 54.8 Å². The number of anilines is 1. The zero-order chi connectivity index (χ0) is 23.1. The Morgan fingerprint density at radius 3 is 2.45 bits per heavy atom. The van der Waals surface area contributed by atoms with Crippen LogP contribution >= 0.6 is 0 Å². The number of hydrogen-bond donors (Lipinski definition) is 1. The molecule has 1 aliphatic heterocycles. The lowest BCUT2D eigenvalue weighted by Gasteiger charge is -2.48. The number of fused-ring (bicyclic) bond motifs is 1. The minimum absolute atomic E-state index is 0.00462. The average Bonchev–Trinajstić information content (AvgIpc) is 3.37. The van der Waals surface area contributed by atoms with E-state index in [2.05, 4.69) is 31.3 Å². The largest absolute Gasteiger partial charge is 0.494 e. The lowest BCUT2D eigenvalue weighted by atomic mass is 9.89. The molecule has 1 N–H and O–H groups in total. The van der Waals surface area contributed by atoms with E-state index >= 15 is 0 Å². The van der Waals surface area contributed by atoms with Gasteiger partial charge in [-0.25, -0.2) is 0 Å². The number of benzene rings is 2. The molecule has 0 spiro atoms. The number of nitrogens with one attached hydrogen (secondary N) is 1. The van der Waals surface area contributed by atoms with Crippen LogP contribution in [-0.4, -0.2) is 17.4 Å². The van der Waals surface area contributed by atoms with Crippen LogP contribution in [0.15, 0.2) is 71.3 Å². The summed E-state index contributed by atoms with van der Waals surface area (Å²) < 4.78 is 11.6. The molecule has 0 saturated carbocycles. The molecule has 0 bridgehead atoms. The van der Waals surface area contributed by atoms with Crippen LogP contribution in [0.4, 0.5) is 5.69 Å². The maximum absolute atomic E-state index is 13.6. The summed E-state index contributed by atoms with van der Waals surface area (Å²) >= 11 is 0. The maximum atomic E-state index is 13.6. The van der Waals surface area contributed by atoms with Crippen molar-refractivity contribution in [1.82, 2.24) is 4.90 Å². The molecule has 33 heavy (non-hydrogen) atoms.